The molecule has 2 amide bonds. The number of rotatable bonds is 5. The molecule has 3 rings (SSSR count). The average molecular weight is 422 g/mol. The Morgan fingerprint density at radius 3 is 2.64 bits per heavy atom. The highest BCUT2D eigenvalue weighted by Gasteiger charge is 2.28. The Balaban J connectivity index is 0.00000280. The molecule has 1 aromatic heterocycles. The number of thiophene rings is 1. The summed E-state index contributed by atoms with van der Waals surface area (Å²) in [4.78, 5) is 27.4. The summed E-state index contributed by atoms with van der Waals surface area (Å²) in [7, 11) is 0. The second-order valence-corrected chi connectivity index (χ2v) is 8.10. The van der Waals surface area contributed by atoms with Crippen molar-refractivity contribution in [2.45, 2.75) is 39.2 Å². The van der Waals surface area contributed by atoms with Gasteiger partial charge in [0.25, 0.3) is 11.8 Å². The van der Waals surface area contributed by atoms with Crippen LogP contribution in [0, 0.1) is 5.92 Å². The van der Waals surface area contributed by atoms with E-state index >= 15 is 0 Å². The summed E-state index contributed by atoms with van der Waals surface area (Å²) < 4.78 is 0. The van der Waals surface area contributed by atoms with Crippen LogP contribution in [0.15, 0.2) is 35.7 Å². The van der Waals surface area contributed by atoms with Gasteiger partial charge in [0.1, 0.15) is 5.00 Å². The first-order valence-corrected chi connectivity index (χ1v) is 10.4. The third-order valence-electron chi connectivity index (χ3n) is 5.24. The maximum Gasteiger partial charge on any atom is 0.256 e. The first kappa shape index (κ1) is 22.4. The zero-order chi connectivity index (χ0) is 19.4. The predicted molar refractivity (Wildman–Crippen MR) is 118 cm³/mol. The number of hydrogen-bond donors (Lipinski definition) is 2. The molecule has 1 aromatic carbocycles. The third-order valence-corrected chi connectivity index (χ3v) is 6.07. The number of nitrogens with one attached hydrogen (secondary N) is 1. The summed E-state index contributed by atoms with van der Waals surface area (Å²) in [5, 5.41) is 5.35. The van der Waals surface area contributed by atoms with Crippen molar-refractivity contribution in [2.75, 3.05) is 18.4 Å². The lowest BCUT2D eigenvalue weighted by Crippen LogP contribution is -2.45. The van der Waals surface area contributed by atoms with Gasteiger partial charge in [-0.05, 0) is 61.2 Å². The number of piperidine rings is 1. The molecule has 152 valence electrons. The number of amides is 2. The number of aryl methyl sites for hydroxylation is 1. The van der Waals surface area contributed by atoms with Crippen LogP contribution in [-0.4, -0.2) is 35.8 Å². The quantitative estimate of drug-likeness (QED) is 0.760. The maximum absolute atomic E-state index is 13.0. The number of anilines is 1. The van der Waals surface area contributed by atoms with Gasteiger partial charge >= 0.3 is 0 Å². The lowest BCUT2D eigenvalue weighted by atomic mass is 9.92. The van der Waals surface area contributed by atoms with E-state index in [1.54, 1.807) is 6.07 Å². The number of carbonyl (C=O) groups is 2. The van der Waals surface area contributed by atoms with E-state index in [4.69, 9.17) is 5.73 Å². The number of nitrogens with zero attached hydrogens (tertiary/aromatic N) is 1. The van der Waals surface area contributed by atoms with Crippen LogP contribution in [0.25, 0.3) is 0 Å². The lowest BCUT2D eigenvalue weighted by molar-refractivity contribution is 0.0662. The molecule has 1 fully saturated rings. The van der Waals surface area contributed by atoms with Gasteiger partial charge in [-0.2, -0.15) is 0 Å². The Kier molecular flexibility index (Phi) is 8.04. The van der Waals surface area contributed by atoms with Crippen LogP contribution < -0.4 is 11.1 Å². The zero-order valence-electron chi connectivity index (χ0n) is 16.3. The highest BCUT2D eigenvalue weighted by Crippen LogP contribution is 2.28. The monoisotopic (exact) mass is 421 g/mol. The van der Waals surface area contributed by atoms with E-state index in [9.17, 15) is 9.59 Å². The predicted octanol–water partition coefficient (Wildman–Crippen LogP) is 4.18. The SMILES string of the molecule is CCc1ccc(C(=O)Nc2sccc2C(=O)N2CCCC(C(C)N)C2)cc1.Cl. The molecule has 2 atom stereocenters. The molecule has 5 nitrogen and oxygen atoms in total. The molecule has 2 unspecified atom stereocenters. The van der Waals surface area contributed by atoms with Crippen molar-refractivity contribution in [3.8, 4) is 0 Å². The molecule has 0 spiro atoms. The molecule has 1 saturated heterocycles. The maximum atomic E-state index is 13.0. The van der Waals surface area contributed by atoms with Crippen molar-refractivity contribution in [3.05, 3.63) is 52.4 Å². The molecule has 0 saturated carbocycles. The minimum absolute atomic E-state index is 0. The Hall–Kier alpha value is -1.89. The van der Waals surface area contributed by atoms with Crippen LogP contribution in [0.3, 0.4) is 0 Å². The van der Waals surface area contributed by atoms with Crippen molar-refractivity contribution in [1.29, 1.82) is 0 Å². The van der Waals surface area contributed by atoms with Crippen molar-refractivity contribution in [2.24, 2.45) is 11.7 Å². The number of likely N-dealkylation sites (tertiary alicyclic amines) is 1. The standard InChI is InChI=1S/C21H27N3O2S.ClH/c1-3-15-6-8-16(9-7-15)19(25)23-20-18(10-12-27-20)21(26)24-11-4-5-17(13-24)14(2)22;/h6-10,12,14,17H,3-5,11,13,22H2,1-2H3,(H,23,25);1H. The zero-order valence-corrected chi connectivity index (χ0v) is 17.9. The van der Waals surface area contributed by atoms with Gasteiger partial charge in [-0.25, -0.2) is 0 Å². The van der Waals surface area contributed by atoms with Crippen molar-refractivity contribution in [1.82, 2.24) is 4.90 Å². The van der Waals surface area contributed by atoms with Crippen molar-refractivity contribution >= 4 is 40.6 Å². The summed E-state index contributed by atoms with van der Waals surface area (Å²) in [5.41, 5.74) is 8.37. The number of carbonyl (C=O) groups excluding carboxylic acids is 2. The van der Waals surface area contributed by atoms with Crippen LogP contribution in [0.5, 0.6) is 0 Å². The Labute approximate surface area is 176 Å². The highest BCUT2D eigenvalue weighted by molar-refractivity contribution is 7.14. The molecule has 2 aromatic rings. The van der Waals surface area contributed by atoms with Gasteiger partial charge in [0.2, 0.25) is 0 Å². The van der Waals surface area contributed by atoms with E-state index < -0.39 is 0 Å². The summed E-state index contributed by atoms with van der Waals surface area (Å²) in [6, 6.07) is 9.42. The molecular formula is C21H28ClN3O2S. The minimum Gasteiger partial charge on any atom is -0.338 e. The van der Waals surface area contributed by atoms with Gasteiger partial charge in [-0.1, -0.05) is 19.1 Å². The second-order valence-electron chi connectivity index (χ2n) is 7.18. The van der Waals surface area contributed by atoms with E-state index in [0.717, 1.165) is 25.8 Å². The van der Waals surface area contributed by atoms with E-state index in [0.29, 0.717) is 28.6 Å². The number of nitrogens with two attached hydrogens (primary N) is 1. The van der Waals surface area contributed by atoms with Crippen molar-refractivity contribution < 1.29 is 9.59 Å². The molecule has 1 aliphatic heterocycles. The first-order valence-electron chi connectivity index (χ1n) is 9.52. The number of benzene rings is 1. The molecule has 3 N–H and O–H groups in total. The molecule has 28 heavy (non-hydrogen) atoms. The van der Waals surface area contributed by atoms with E-state index in [-0.39, 0.29) is 30.3 Å². The molecular weight excluding hydrogens is 394 g/mol. The topological polar surface area (TPSA) is 75.4 Å². The fourth-order valence-electron chi connectivity index (χ4n) is 3.44. The van der Waals surface area contributed by atoms with Crippen LogP contribution in [0.4, 0.5) is 5.00 Å². The molecule has 0 aliphatic carbocycles. The fourth-order valence-corrected chi connectivity index (χ4v) is 4.21. The van der Waals surface area contributed by atoms with Crippen molar-refractivity contribution in [3.63, 3.8) is 0 Å². The summed E-state index contributed by atoms with van der Waals surface area (Å²) >= 11 is 1.38. The molecule has 2 heterocycles. The molecule has 1 aliphatic rings. The smallest absolute Gasteiger partial charge is 0.256 e. The van der Waals surface area contributed by atoms with Gasteiger partial charge in [-0.3, -0.25) is 9.59 Å². The highest BCUT2D eigenvalue weighted by atomic mass is 35.5. The molecule has 0 radical (unpaired) electrons. The third kappa shape index (κ3) is 5.13. The van der Waals surface area contributed by atoms with Gasteiger partial charge in [0, 0.05) is 24.7 Å². The fraction of sp³-hybridized carbons (Fsp3) is 0.429. The lowest BCUT2D eigenvalue weighted by Gasteiger charge is -2.34. The Bertz CT molecular complexity index is 804. The average Bonchev–Trinajstić information content (AvgIpc) is 3.15. The minimum atomic E-state index is -0.193. The molecule has 0 bridgehead atoms. The van der Waals surface area contributed by atoms with Gasteiger partial charge < -0.3 is 16.0 Å². The van der Waals surface area contributed by atoms with Crippen LogP contribution in [-0.2, 0) is 6.42 Å². The molecule has 7 heteroatoms. The van der Waals surface area contributed by atoms with Crippen LogP contribution in [0.1, 0.15) is 53.0 Å². The van der Waals surface area contributed by atoms with E-state index in [1.165, 1.54) is 16.9 Å². The first-order chi connectivity index (χ1) is 13.0. The summed E-state index contributed by atoms with van der Waals surface area (Å²) in [6.45, 7) is 5.50. The second kappa shape index (κ2) is 10.0. The Morgan fingerprint density at radius 2 is 2.00 bits per heavy atom. The summed E-state index contributed by atoms with van der Waals surface area (Å²) in [5.74, 6) is 0.107. The normalized spacial score (nSPS) is 17.5. The van der Waals surface area contributed by atoms with E-state index in [2.05, 4.69) is 12.2 Å². The largest absolute Gasteiger partial charge is 0.338 e. The van der Waals surface area contributed by atoms with E-state index in [1.807, 2.05) is 41.5 Å². The number of hydrogen-bond acceptors (Lipinski definition) is 4. The Morgan fingerprint density at radius 1 is 1.29 bits per heavy atom. The van der Waals surface area contributed by atoms with Crippen LogP contribution in [0.2, 0.25) is 0 Å². The summed E-state index contributed by atoms with van der Waals surface area (Å²) in [6.07, 6.45) is 2.96. The van der Waals surface area contributed by atoms with Gasteiger partial charge in [0.15, 0.2) is 0 Å². The number of halogens is 1. The van der Waals surface area contributed by atoms with Gasteiger partial charge in [-0.15, -0.1) is 23.7 Å². The van der Waals surface area contributed by atoms with Crippen LogP contribution >= 0.6 is 23.7 Å². The van der Waals surface area contributed by atoms with Gasteiger partial charge in [0.05, 0.1) is 5.56 Å².